The summed E-state index contributed by atoms with van der Waals surface area (Å²) in [5.41, 5.74) is -5.50. The van der Waals surface area contributed by atoms with Crippen molar-refractivity contribution in [2.24, 2.45) is 5.73 Å². The van der Waals surface area contributed by atoms with Gasteiger partial charge in [-0.2, -0.15) is 26.3 Å². The molecule has 0 spiro atoms. The van der Waals surface area contributed by atoms with Crippen molar-refractivity contribution in [3.05, 3.63) is 32.6 Å². The van der Waals surface area contributed by atoms with Gasteiger partial charge in [-0.15, -0.1) is 0 Å². The van der Waals surface area contributed by atoms with Crippen LogP contribution in [0.2, 0.25) is 0 Å². The van der Waals surface area contributed by atoms with Crippen molar-refractivity contribution in [2.45, 2.75) is 17.9 Å². The number of nitrogens with two attached hydrogens (primary N) is 1. The molecule has 0 atom stereocenters. The van der Waals surface area contributed by atoms with E-state index in [1.165, 1.54) is 9.97 Å². The van der Waals surface area contributed by atoms with Gasteiger partial charge in [-0.1, -0.05) is 0 Å². The first-order chi connectivity index (χ1) is 7.91. The first-order valence-electron chi connectivity index (χ1n) is 4.16. The summed E-state index contributed by atoms with van der Waals surface area (Å²) in [5.74, 6) is 0. The molecule has 0 aromatic carbocycles. The minimum absolute atomic E-state index is 0.0118. The van der Waals surface area contributed by atoms with E-state index in [2.05, 4.69) is 5.73 Å². The van der Waals surface area contributed by atoms with Crippen LogP contribution in [0.1, 0.15) is 5.56 Å². The predicted molar refractivity (Wildman–Crippen MR) is 45.7 cm³/mol. The van der Waals surface area contributed by atoms with Gasteiger partial charge in [0.05, 0.1) is 5.56 Å². The standard InChI is InChI=1S/C7H5F6N3O2/c8-6(9,10)5(14,7(11,12)13)2-1-15-4(18)16-3(2)17/h1H,14H2,(H2,15,16,17,18). The molecule has 1 aromatic heterocycles. The van der Waals surface area contributed by atoms with E-state index < -0.39 is 34.7 Å². The van der Waals surface area contributed by atoms with Gasteiger partial charge in [-0.3, -0.25) is 9.78 Å². The molecular formula is C7H5F6N3O2. The Morgan fingerprint density at radius 1 is 1.00 bits per heavy atom. The third-order valence-electron chi connectivity index (χ3n) is 2.14. The Balaban J connectivity index is 3.67. The minimum Gasteiger partial charge on any atom is -0.314 e. The lowest BCUT2D eigenvalue weighted by Crippen LogP contribution is -2.63. The Labute approximate surface area is 93.6 Å². The first kappa shape index (κ1) is 14.3. The van der Waals surface area contributed by atoms with E-state index in [4.69, 9.17) is 0 Å². The highest BCUT2D eigenvalue weighted by molar-refractivity contribution is 5.23. The SMILES string of the molecule is NC(c1c[nH]c(=O)[nH]c1=O)(C(F)(F)F)C(F)(F)F. The maximum Gasteiger partial charge on any atom is 0.419 e. The van der Waals surface area contributed by atoms with Crippen LogP contribution in [0.5, 0.6) is 0 Å². The minimum atomic E-state index is -5.96. The zero-order valence-corrected chi connectivity index (χ0v) is 8.24. The van der Waals surface area contributed by atoms with Crippen molar-refractivity contribution in [1.82, 2.24) is 9.97 Å². The number of aromatic amines is 2. The summed E-state index contributed by atoms with van der Waals surface area (Å²) >= 11 is 0. The Hall–Kier alpha value is -1.78. The molecule has 1 rings (SSSR count). The lowest BCUT2D eigenvalue weighted by molar-refractivity contribution is -0.302. The molecule has 0 aliphatic rings. The van der Waals surface area contributed by atoms with Crippen LogP contribution < -0.4 is 17.0 Å². The zero-order valence-electron chi connectivity index (χ0n) is 8.24. The van der Waals surface area contributed by atoms with Crippen LogP contribution in [0, 0.1) is 0 Å². The highest BCUT2D eigenvalue weighted by atomic mass is 19.4. The average Bonchev–Trinajstić information content (AvgIpc) is 2.12. The smallest absolute Gasteiger partial charge is 0.314 e. The van der Waals surface area contributed by atoms with Gasteiger partial charge in [-0.25, -0.2) is 4.79 Å². The fraction of sp³-hybridized carbons (Fsp3) is 0.429. The molecule has 5 nitrogen and oxygen atoms in total. The summed E-state index contributed by atoms with van der Waals surface area (Å²) < 4.78 is 74.9. The summed E-state index contributed by atoms with van der Waals surface area (Å²) in [5, 5.41) is 0. The maximum atomic E-state index is 12.5. The Kier molecular flexibility index (Phi) is 3.07. The summed E-state index contributed by atoms with van der Waals surface area (Å²) in [7, 11) is 0. The number of hydrogen-bond donors (Lipinski definition) is 3. The van der Waals surface area contributed by atoms with Crippen molar-refractivity contribution in [1.29, 1.82) is 0 Å². The monoisotopic (exact) mass is 277 g/mol. The van der Waals surface area contributed by atoms with E-state index in [1.807, 2.05) is 0 Å². The maximum absolute atomic E-state index is 12.5. The van der Waals surface area contributed by atoms with E-state index in [0.717, 1.165) is 0 Å². The lowest BCUT2D eigenvalue weighted by atomic mass is 9.91. The number of hydrogen-bond acceptors (Lipinski definition) is 3. The van der Waals surface area contributed by atoms with Crippen LogP contribution in [-0.4, -0.2) is 22.3 Å². The van der Waals surface area contributed by atoms with Gasteiger partial charge >= 0.3 is 18.0 Å². The second-order valence-corrected chi connectivity index (χ2v) is 3.29. The molecule has 0 saturated heterocycles. The van der Waals surface area contributed by atoms with Crippen LogP contribution in [-0.2, 0) is 5.54 Å². The second kappa shape index (κ2) is 3.86. The zero-order chi connectivity index (χ0) is 14.4. The van der Waals surface area contributed by atoms with Crippen molar-refractivity contribution in [3.8, 4) is 0 Å². The quantitative estimate of drug-likeness (QED) is 0.646. The molecular weight excluding hydrogens is 272 g/mol. The van der Waals surface area contributed by atoms with Crippen molar-refractivity contribution in [2.75, 3.05) is 0 Å². The number of alkyl halides is 6. The average molecular weight is 277 g/mol. The third-order valence-corrected chi connectivity index (χ3v) is 2.14. The van der Waals surface area contributed by atoms with Crippen molar-refractivity contribution >= 4 is 0 Å². The topological polar surface area (TPSA) is 91.7 Å². The van der Waals surface area contributed by atoms with Gasteiger partial charge in [-0.05, 0) is 0 Å². The molecule has 0 unspecified atom stereocenters. The summed E-state index contributed by atoms with van der Waals surface area (Å²) in [4.78, 5) is 24.3. The second-order valence-electron chi connectivity index (χ2n) is 3.29. The fourth-order valence-electron chi connectivity index (χ4n) is 1.17. The highest BCUT2D eigenvalue weighted by Gasteiger charge is 2.70. The highest BCUT2D eigenvalue weighted by Crippen LogP contribution is 2.46. The fourth-order valence-corrected chi connectivity index (χ4v) is 1.17. The van der Waals surface area contributed by atoms with E-state index >= 15 is 0 Å². The lowest BCUT2D eigenvalue weighted by Gasteiger charge is -2.32. The largest absolute Gasteiger partial charge is 0.419 e. The summed E-state index contributed by atoms with van der Waals surface area (Å²) in [6, 6.07) is 0. The van der Waals surface area contributed by atoms with Gasteiger partial charge in [0.2, 0.25) is 5.54 Å². The van der Waals surface area contributed by atoms with Crippen molar-refractivity contribution in [3.63, 3.8) is 0 Å². The molecule has 4 N–H and O–H groups in total. The summed E-state index contributed by atoms with van der Waals surface area (Å²) in [6.45, 7) is 0. The van der Waals surface area contributed by atoms with Gasteiger partial charge < -0.3 is 10.7 Å². The summed E-state index contributed by atoms with van der Waals surface area (Å²) in [6.07, 6.45) is -11.9. The molecule has 18 heavy (non-hydrogen) atoms. The van der Waals surface area contributed by atoms with Crippen LogP contribution in [0.4, 0.5) is 26.3 Å². The van der Waals surface area contributed by atoms with E-state index in [0.29, 0.717) is 0 Å². The normalized spacial score (nSPS) is 13.7. The first-order valence-corrected chi connectivity index (χ1v) is 4.16. The molecule has 11 heteroatoms. The number of rotatable bonds is 1. The van der Waals surface area contributed by atoms with E-state index in [1.54, 1.807) is 0 Å². The molecule has 0 saturated carbocycles. The van der Waals surface area contributed by atoms with Crippen LogP contribution in [0.25, 0.3) is 0 Å². The third kappa shape index (κ3) is 2.00. The van der Waals surface area contributed by atoms with Crippen LogP contribution in [0.15, 0.2) is 15.8 Å². The number of halogens is 6. The Bertz CT molecular complexity index is 540. The molecule has 0 radical (unpaired) electrons. The number of nitrogens with one attached hydrogen (secondary N) is 2. The molecule has 0 aliphatic heterocycles. The Morgan fingerprint density at radius 3 is 1.78 bits per heavy atom. The van der Waals surface area contributed by atoms with Gasteiger partial charge in [0.25, 0.3) is 5.56 Å². The molecule has 0 aliphatic carbocycles. The molecule has 102 valence electrons. The van der Waals surface area contributed by atoms with Crippen LogP contribution >= 0.6 is 0 Å². The Morgan fingerprint density at radius 2 is 1.44 bits per heavy atom. The van der Waals surface area contributed by atoms with Gasteiger partial charge in [0.15, 0.2) is 0 Å². The molecule has 0 amide bonds. The van der Waals surface area contributed by atoms with Gasteiger partial charge in [0.1, 0.15) is 0 Å². The van der Waals surface area contributed by atoms with Crippen LogP contribution in [0.3, 0.4) is 0 Å². The molecule has 0 fully saturated rings. The number of H-pyrrole nitrogens is 2. The molecule has 1 heterocycles. The molecule has 1 aromatic rings. The van der Waals surface area contributed by atoms with E-state index in [-0.39, 0.29) is 6.20 Å². The number of aromatic nitrogens is 2. The van der Waals surface area contributed by atoms with Gasteiger partial charge in [0, 0.05) is 6.20 Å². The molecule has 0 bridgehead atoms. The predicted octanol–water partition coefficient (Wildman–Crippen LogP) is 0.342. The van der Waals surface area contributed by atoms with E-state index in [9.17, 15) is 35.9 Å². The van der Waals surface area contributed by atoms with Crippen molar-refractivity contribution < 1.29 is 26.3 Å².